The number of rotatable bonds is 7. The van der Waals surface area contributed by atoms with Gasteiger partial charge in [-0.25, -0.2) is 9.59 Å². The molecule has 0 saturated heterocycles. The Kier molecular flexibility index (Phi) is 6.29. The number of nitrogens with one attached hydrogen (secondary N) is 1. The van der Waals surface area contributed by atoms with Gasteiger partial charge in [0, 0.05) is 29.4 Å². The normalized spacial score (nSPS) is 11.9. The highest BCUT2D eigenvalue weighted by atomic mass is 16.4. The number of carbonyl (C=O) groups excluding carboxylic acids is 1. The topological polar surface area (TPSA) is 137 Å². The number of hydrogen-bond donors (Lipinski definition) is 4. The lowest BCUT2D eigenvalue weighted by molar-refractivity contribution is -0.141. The van der Waals surface area contributed by atoms with Crippen molar-refractivity contribution in [2.45, 2.75) is 39.2 Å². The molecular weight excluding hydrogens is 402 g/mol. The molecule has 0 spiro atoms. The van der Waals surface area contributed by atoms with Crippen LogP contribution in [0.15, 0.2) is 45.6 Å². The minimum Gasteiger partial charge on any atom is -0.508 e. The van der Waals surface area contributed by atoms with Gasteiger partial charge >= 0.3 is 11.6 Å². The zero-order valence-electron chi connectivity index (χ0n) is 17.1. The van der Waals surface area contributed by atoms with E-state index >= 15 is 0 Å². The number of aliphatic carboxylic acids is 1. The van der Waals surface area contributed by atoms with Gasteiger partial charge in [0.1, 0.15) is 23.1 Å². The predicted molar refractivity (Wildman–Crippen MR) is 113 cm³/mol. The smallest absolute Gasteiger partial charge is 0.339 e. The van der Waals surface area contributed by atoms with E-state index in [1.807, 2.05) is 0 Å². The maximum Gasteiger partial charge on any atom is 0.339 e. The Morgan fingerprint density at radius 3 is 2.35 bits per heavy atom. The van der Waals surface area contributed by atoms with Gasteiger partial charge in [-0.2, -0.15) is 0 Å². The van der Waals surface area contributed by atoms with E-state index in [1.54, 1.807) is 32.0 Å². The van der Waals surface area contributed by atoms with Gasteiger partial charge in [-0.1, -0.05) is 12.1 Å². The highest BCUT2D eigenvalue weighted by molar-refractivity contribution is 5.86. The van der Waals surface area contributed by atoms with E-state index in [2.05, 4.69) is 5.32 Å². The van der Waals surface area contributed by atoms with Crippen molar-refractivity contribution in [3.63, 3.8) is 0 Å². The Bertz CT molecular complexity index is 1200. The Labute approximate surface area is 177 Å². The standard InChI is InChI=1S/C23H23NO7/c1-12-16-7-9-19(26)13(2)21(16)31-23(30)17(12)8-10-20(27)24-18(22(28)29)11-14-3-5-15(25)6-4-14/h3-7,9,18,25-26H,8,10-11H2,1-2H3,(H,24,27)(H,28,29). The molecule has 1 heterocycles. The molecule has 0 saturated carbocycles. The second-order valence-corrected chi connectivity index (χ2v) is 7.41. The molecule has 1 atom stereocenters. The first-order chi connectivity index (χ1) is 14.7. The zero-order chi connectivity index (χ0) is 22.7. The molecule has 0 aliphatic rings. The number of carboxylic acid groups (broad SMARTS) is 1. The molecular formula is C23H23NO7. The van der Waals surface area contributed by atoms with Crippen molar-refractivity contribution in [2.24, 2.45) is 0 Å². The Morgan fingerprint density at radius 1 is 1.03 bits per heavy atom. The molecule has 8 heteroatoms. The van der Waals surface area contributed by atoms with Gasteiger partial charge < -0.3 is 25.1 Å². The maximum atomic E-state index is 12.4. The summed E-state index contributed by atoms with van der Waals surface area (Å²) in [4.78, 5) is 36.4. The molecule has 162 valence electrons. The zero-order valence-corrected chi connectivity index (χ0v) is 17.1. The molecule has 1 amide bonds. The van der Waals surface area contributed by atoms with Gasteiger partial charge in [-0.3, -0.25) is 4.79 Å². The summed E-state index contributed by atoms with van der Waals surface area (Å²) >= 11 is 0. The fraction of sp³-hybridized carbons (Fsp3) is 0.261. The molecule has 1 aromatic heterocycles. The molecule has 0 aliphatic carbocycles. The van der Waals surface area contributed by atoms with Crippen molar-refractivity contribution in [3.8, 4) is 11.5 Å². The lowest BCUT2D eigenvalue weighted by Crippen LogP contribution is -2.42. The predicted octanol–water partition coefficient (Wildman–Crippen LogP) is 2.57. The molecule has 0 bridgehead atoms. The molecule has 4 N–H and O–H groups in total. The number of phenolic OH excluding ortho intramolecular Hbond substituents is 2. The number of carboxylic acids is 1. The number of benzene rings is 2. The van der Waals surface area contributed by atoms with Crippen LogP contribution in [0.2, 0.25) is 0 Å². The molecule has 0 fully saturated rings. The van der Waals surface area contributed by atoms with Crippen LogP contribution in [0.1, 0.15) is 28.7 Å². The highest BCUT2D eigenvalue weighted by Gasteiger charge is 2.21. The van der Waals surface area contributed by atoms with Crippen LogP contribution < -0.4 is 10.9 Å². The quantitative estimate of drug-likeness (QED) is 0.427. The summed E-state index contributed by atoms with van der Waals surface area (Å²) in [5, 5.41) is 31.7. The van der Waals surface area contributed by atoms with E-state index in [4.69, 9.17) is 4.42 Å². The number of amides is 1. The molecule has 3 aromatic rings. The van der Waals surface area contributed by atoms with Gasteiger partial charge in [-0.05, 0) is 55.7 Å². The van der Waals surface area contributed by atoms with Crippen LogP contribution in [0, 0.1) is 13.8 Å². The summed E-state index contributed by atoms with van der Waals surface area (Å²) in [6.45, 7) is 3.39. The number of aryl methyl sites for hydroxylation is 2. The van der Waals surface area contributed by atoms with Crippen LogP contribution in [0.4, 0.5) is 0 Å². The summed E-state index contributed by atoms with van der Waals surface area (Å²) in [5.41, 5.74) is 1.80. The number of phenols is 2. The molecule has 31 heavy (non-hydrogen) atoms. The molecule has 0 aliphatic heterocycles. The van der Waals surface area contributed by atoms with Crippen molar-refractivity contribution >= 4 is 22.8 Å². The minimum absolute atomic E-state index is 0.0236. The Morgan fingerprint density at radius 2 is 1.71 bits per heavy atom. The first-order valence-corrected chi connectivity index (χ1v) is 9.72. The van der Waals surface area contributed by atoms with E-state index in [-0.39, 0.29) is 30.8 Å². The average molecular weight is 425 g/mol. The fourth-order valence-electron chi connectivity index (χ4n) is 3.44. The van der Waals surface area contributed by atoms with Crippen molar-refractivity contribution in [1.82, 2.24) is 5.32 Å². The molecule has 0 radical (unpaired) electrons. The van der Waals surface area contributed by atoms with E-state index in [0.29, 0.717) is 33.2 Å². The van der Waals surface area contributed by atoms with Gasteiger partial charge in [0.2, 0.25) is 5.91 Å². The molecule has 2 aromatic carbocycles. The van der Waals surface area contributed by atoms with Crippen LogP contribution >= 0.6 is 0 Å². The minimum atomic E-state index is -1.18. The van der Waals surface area contributed by atoms with Crippen molar-refractivity contribution in [3.05, 3.63) is 69.1 Å². The first-order valence-electron chi connectivity index (χ1n) is 9.72. The molecule has 8 nitrogen and oxygen atoms in total. The summed E-state index contributed by atoms with van der Waals surface area (Å²) in [7, 11) is 0. The van der Waals surface area contributed by atoms with Crippen molar-refractivity contribution < 1.29 is 29.3 Å². The van der Waals surface area contributed by atoms with E-state index < -0.39 is 23.5 Å². The van der Waals surface area contributed by atoms with Gasteiger partial charge in [-0.15, -0.1) is 0 Å². The van der Waals surface area contributed by atoms with Gasteiger partial charge in [0.25, 0.3) is 0 Å². The molecule has 1 unspecified atom stereocenters. The van der Waals surface area contributed by atoms with Crippen LogP contribution in [0.25, 0.3) is 11.0 Å². The lowest BCUT2D eigenvalue weighted by atomic mass is 10.00. The third-order valence-corrected chi connectivity index (χ3v) is 5.29. The van der Waals surface area contributed by atoms with E-state index in [9.17, 15) is 29.7 Å². The second kappa shape index (κ2) is 8.91. The number of hydrogen-bond acceptors (Lipinski definition) is 6. The SMILES string of the molecule is Cc1c(CCC(=O)NC(Cc2ccc(O)cc2)C(=O)O)c(=O)oc2c(C)c(O)ccc12. The Balaban J connectivity index is 1.72. The second-order valence-electron chi connectivity index (χ2n) is 7.41. The molecule has 3 rings (SSSR count). The number of fused-ring (bicyclic) bond motifs is 1. The van der Waals surface area contributed by atoms with Gasteiger partial charge in [0.15, 0.2) is 0 Å². The van der Waals surface area contributed by atoms with Crippen LogP contribution in [0.5, 0.6) is 11.5 Å². The fourth-order valence-corrected chi connectivity index (χ4v) is 3.44. The van der Waals surface area contributed by atoms with E-state index in [1.165, 1.54) is 18.2 Å². The Hall–Kier alpha value is -3.81. The summed E-state index contributed by atoms with van der Waals surface area (Å²) in [5.74, 6) is -1.60. The van der Waals surface area contributed by atoms with E-state index in [0.717, 1.165) is 0 Å². The lowest BCUT2D eigenvalue weighted by Gasteiger charge is -2.15. The van der Waals surface area contributed by atoms with Crippen molar-refractivity contribution in [2.75, 3.05) is 0 Å². The third kappa shape index (κ3) is 4.85. The van der Waals surface area contributed by atoms with Crippen LogP contribution in [0.3, 0.4) is 0 Å². The maximum absolute atomic E-state index is 12.4. The number of carbonyl (C=O) groups is 2. The van der Waals surface area contributed by atoms with Crippen molar-refractivity contribution in [1.29, 1.82) is 0 Å². The monoisotopic (exact) mass is 425 g/mol. The average Bonchev–Trinajstić information content (AvgIpc) is 2.72. The number of aromatic hydroxyl groups is 2. The van der Waals surface area contributed by atoms with Gasteiger partial charge in [0.05, 0.1) is 0 Å². The van der Waals surface area contributed by atoms with Crippen LogP contribution in [-0.4, -0.2) is 33.2 Å². The summed E-state index contributed by atoms with van der Waals surface area (Å²) < 4.78 is 5.36. The summed E-state index contributed by atoms with van der Waals surface area (Å²) in [6.07, 6.45) is 0.0518. The van der Waals surface area contributed by atoms with Crippen LogP contribution in [-0.2, 0) is 22.4 Å². The summed E-state index contributed by atoms with van der Waals surface area (Å²) in [6, 6.07) is 8.08. The highest BCUT2D eigenvalue weighted by Crippen LogP contribution is 2.28. The largest absolute Gasteiger partial charge is 0.508 e. The third-order valence-electron chi connectivity index (χ3n) is 5.29. The first kappa shape index (κ1) is 21.9.